The second kappa shape index (κ2) is 5.32. The van der Waals surface area contributed by atoms with Crippen LogP contribution in [0.15, 0.2) is 12.1 Å². The Bertz CT molecular complexity index is 615. The Labute approximate surface area is 110 Å². The van der Waals surface area contributed by atoms with Crippen LogP contribution in [-0.2, 0) is 23.2 Å². The van der Waals surface area contributed by atoms with Crippen LogP contribution >= 0.6 is 11.6 Å². The molecule has 18 heavy (non-hydrogen) atoms. The smallest absolute Gasteiger partial charge is 0.184 e. The van der Waals surface area contributed by atoms with Crippen LogP contribution in [0.4, 0.5) is 8.78 Å². The van der Waals surface area contributed by atoms with Gasteiger partial charge in [-0.15, -0.1) is 11.6 Å². The Hall–Kier alpha value is -1.01. The quantitative estimate of drug-likeness (QED) is 0.811. The molecule has 1 heterocycles. The lowest BCUT2D eigenvalue weighted by Crippen LogP contribution is -2.10. The maximum atomic E-state index is 13.8. The molecule has 0 amide bonds. The summed E-state index contributed by atoms with van der Waals surface area (Å²) in [5.41, 5.74) is 0.433. The van der Waals surface area contributed by atoms with Crippen molar-refractivity contribution in [2.75, 3.05) is 12.0 Å². The molecule has 0 aliphatic rings. The molecule has 2 rings (SSSR count). The highest BCUT2D eigenvalue weighted by Crippen LogP contribution is 2.22. The van der Waals surface area contributed by atoms with Gasteiger partial charge in [0.1, 0.15) is 11.3 Å². The third-order valence-electron chi connectivity index (χ3n) is 2.60. The number of halogens is 3. The van der Waals surface area contributed by atoms with E-state index in [1.807, 2.05) is 0 Å². The Morgan fingerprint density at radius 1 is 1.44 bits per heavy atom. The van der Waals surface area contributed by atoms with Gasteiger partial charge in [0.15, 0.2) is 11.6 Å². The van der Waals surface area contributed by atoms with Crippen molar-refractivity contribution in [3.8, 4) is 0 Å². The normalized spacial score (nSPS) is 13.1. The first-order chi connectivity index (χ1) is 8.54. The fourth-order valence-corrected chi connectivity index (χ4v) is 2.41. The Kier molecular flexibility index (Phi) is 3.97. The van der Waals surface area contributed by atoms with Crippen LogP contribution in [0.3, 0.4) is 0 Å². The molecule has 1 atom stereocenters. The van der Waals surface area contributed by atoms with E-state index in [0.29, 0.717) is 23.6 Å². The minimum absolute atomic E-state index is 0.0797. The van der Waals surface area contributed by atoms with Gasteiger partial charge in [0.2, 0.25) is 0 Å². The zero-order chi connectivity index (χ0) is 13.3. The van der Waals surface area contributed by atoms with Gasteiger partial charge >= 0.3 is 0 Å². The second-order valence-corrected chi connectivity index (χ2v) is 5.64. The largest absolute Gasteiger partial charge is 0.324 e. The predicted octanol–water partition coefficient (Wildman–Crippen LogP) is 2.43. The molecule has 0 N–H and O–H groups in total. The molecule has 0 radical (unpaired) electrons. The van der Waals surface area contributed by atoms with Gasteiger partial charge in [-0.2, -0.15) is 0 Å². The predicted molar refractivity (Wildman–Crippen MR) is 68.1 cm³/mol. The van der Waals surface area contributed by atoms with Gasteiger partial charge in [0.05, 0.1) is 11.4 Å². The van der Waals surface area contributed by atoms with Gasteiger partial charge in [-0.3, -0.25) is 4.21 Å². The molecule has 0 aliphatic carbocycles. The van der Waals surface area contributed by atoms with E-state index in [1.165, 1.54) is 10.6 Å². The molecule has 2 aromatic rings. The van der Waals surface area contributed by atoms with Crippen molar-refractivity contribution in [1.29, 1.82) is 0 Å². The average molecular weight is 293 g/mol. The van der Waals surface area contributed by atoms with Crippen LogP contribution < -0.4 is 0 Å². The first-order valence-corrected chi connectivity index (χ1v) is 7.50. The molecule has 98 valence electrons. The lowest BCUT2D eigenvalue weighted by molar-refractivity contribution is 0.511. The van der Waals surface area contributed by atoms with Gasteiger partial charge < -0.3 is 4.57 Å². The molecule has 0 aliphatic heterocycles. The Morgan fingerprint density at radius 2 is 2.17 bits per heavy atom. The number of hydrogen-bond donors (Lipinski definition) is 0. The zero-order valence-corrected chi connectivity index (χ0v) is 11.2. The van der Waals surface area contributed by atoms with Crippen LogP contribution in [-0.4, -0.2) is 25.8 Å². The maximum absolute atomic E-state index is 13.8. The van der Waals surface area contributed by atoms with Crippen LogP contribution in [0.2, 0.25) is 0 Å². The zero-order valence-electron chi connectivity index (χ0n) is 9.62. The third kappa shape index (κ3) is 2.40. The SMILES string of the molecule is CS(=O)CCn1c(CCl)nc2ccc(F)c(F)c21. The van der Waals surface area contributed by atoms with Gasteiger partial charge in [-0.25, -0.2) is 13.8 Å². The fraction of sp³-hybridized carbons (Fsp3) is 0.364. The number of rotatable bonds is 4. The van der Waals surface area contributed by atoms with Gasteiger partial charge in [0.25, 0.3) is 0 Å². The molecule has 3 nitrogen and oxygen atoms in total. The van der Waals surface area contributed by atoms with E-state index < -0.39 is 22.4 Å². The summed E-state index contributed by atoms with van der Waals surface area (Å²) in [5, 5.41) is 0. The highest BCUT2D eigenvalue weighted by molar-refractivity contribution is 7.84. The van der Waals surface area contributed by atoms with E-state index in [-0.39, 0.29) is 11.4 Å². The highest BCUT2D eigenvalue weighted by Gasteiger charge is 2.16. The second-order valence-electron chi connectivity index (χ2n) is 3.82. The van der Waals surface area contributed by atoms with Crippen molar-refractivity contribution in [3.05, 3.63) is 29.6 Å². The van der Waals surface area contributed by atoms with Crippen LogP contribution in [0.1, 0.15) is 5.82 Å². The molecule has 7 heteroatoms. The summed E-state index contributed by atoms with van der Waals surface area (Å²) in [4.78, 5) is 4.14. The van der Waals surface area contributed by atoms with Crippen molar-refractivity contribution >= 4 is 33.4 Å². The van der Waals surface area contributed by atoms with E-state index in [9.17, 15) is 13.0 Å². The number of nitrogens with zero attached hydrogens (tertiary/aromatic N) is 2. The van der Waals surface area contributed by atoms with Crippen molar-refractivity contribution < 1.29 is 13.0 Å². The first kappa shape index (κ1) is 13.4. The molecule has 0 saturated carbocycles. The average Bonchev–Trinajstić information content (AvgIpc) is 2.69. The van der Waals surface area contributed by atoms with Gasteiger partial charge in [-0.1, -0.05) is 0 Å². The number of imidazole rings is 1. The number of fused-ring (bicyclic) bond motifs is 1. The van der Waals surface area contributed by atoms with E-state index in [4.69, 9.17) is 11.6 Å². The number of alkyl halides is 1. The molecule has 1 aromatic heterocycles. The third-order valence-corrected chi connectivity index (χ3v) is 3.60. The molecule has 1 aromatic carbocycles. The minimum atomic E-state index is -1.02. The molecule has 0 saturated heterocycles. The number of hydrogen-bond acceptors (Lipinski definition) is 2. The molecule has 0 spiro atoms. The fourth-order valence-electron chi connectivity index (χ4n) is 1.77. The van der Waals surface area contributed by atoms with E-state index in [1.54, 1.807) is 6.26 Å². The Morgan fingerprint density at radius 3 is 2.78 bits per heavy atom. The summed E-state index contributed by atoms with van der Waals surface area (Å²) in [6.07, 6.45) is 1.55. The summed E-state index contributed by atoms with van der Waals surface area (Å²) in [6, 6.07) is 2.44. The van der Waals surface area contributed by atoms with Gasteiger partial charge in [-0.05, 0) is 12.1 Å². The van der Waals surface area contributed by atoms with Crippen molar-refractivity contribution in [1.82, 2.24) is 9.55 Å². The molecular weight excluding hydrogens is 282 g/mol. The maximum Gasteiger partial charge on any atom is 0.184 e. The summed E-state index contributed by atoms with van der Waals surface area (Å²) in [6.45, 7) is 0.294. The summed E-state index contributed by atoms with van der Waals surface area (Å²) in [5.74, 6) is -1.00. The lowest BCUT2D eigenvalue weighted by Gasteiger charge is -2.07. The molecule has 0 bridgehead atoms. The first-order valence-electron chi connectivity index (χ1n) is 5.23. The van der Waals surface area contributed by atoms with E-state index in [2.05, 4.69) is 4.98 Å². The molecule has 0 fully saturated rings. The summed E-state index contributed by atoms with van der Waals surface area (Å²) >= 11 is 5.74. The summed E-state index contributed by atoms with van der Waals surface area (Å²) < 4.78 is 39.6. The Balaban J connectivity index is 2.59. The van der Waals surface area contributed by atoms with Crippen molar-refractivity contribution in [2.24, 2.45) is 0 Å². The lowest BCUT2D eigenvalue weighted by atomic mass is 10.3. The van der Waals surface area contributed by atoms with Gasteiger partial charge in [0, 0.05) is 29.4 Å². The highest BCUT2D eigenvalue weighted by atomic mass is 35.5. The van der Waals surface area contributed by atoms with E-state index >= 15 is 0 Å². The van der Waals surface area contributed by atoms with E-state index in [0.717, 1.165) is 6.07 Å². The number of aryl methyl sites for hydroxylation is 1. The summed E-state index contributed by atoms with van der Waals surface area (Å²) in [7, 11) is -1.02. The van der Waals surface area contributed by atoms with Crippen LogP contribution in [0, 0.1) is 11.6 Å². The minimum Gasteiger partial charge on any atom is -0.324 e. The van der Waals surface area contributed by atoms with Crippen molar-refractivity contribution in [2.45, 2.75) is 12.4 Å². The topological polar surface area (TPSA) is 34.9 Å². The monoisotopic (exact) mass is 292 g/mol. The standard InChI is InChI=1S/C11H11ClF2N2OS/c1-18(17)5-4-16-9(6-12)15-8-3-2-7(13)10(14)11(8)16/h2-3H,4-6H2,1H3. The number of aromatic nitrogens is 2. The van der Waals surface area contributed by atoms with Crippen LogP contribution in [0.5, 0.6) is 0 Å². The van der Waals surface area contributed by atoms with Crippen molar-refractivity contribution in [3.63, 3.8) is 0 Å². The number of benzene rings is 1. The molecular formula is C11H11ClF2N2OS. The van der Waals surface area contributed by atoms with Crippen LogP contribution in [0.25, 0.3) is 11.0 Å². The molecule has 1 unspecified atom stereocenters.